The van der Waals surface area contributed by atoms with Gasteiger partial charge in [-0.05, 0) is 119 Å². The maximum Gasteiger partial charge on any atom is 0.417 e. The zero-order chi connectivity index (χ0) is 47.7. The second-order valence-corrected chi connectivity index (χ2v) is 18.1. The number of aliphatic hydroxyl groups excluding tert-OH is 2. The number of benzene rings is 3. The van der Waals surface area contributed by atoms with Crippen molar-refractivity contribution in [2.24, 2.45) is 22.9 Å². The minimum atomic E-state index is -1.56. The molecular weight excluding hydrogens is 863 g/mol. The molecule has 2 heterocycles. The molecule has 6 atom stereocenters. The summed E-state index contributed by atoms with van der Waals surface area (Å²) >= 11 is 0. The van der Waals surface area contributed by atoms with E-state index >= 15 is 0 Å². The molecule has 0 saturated heterocycles. The van der Waals surface area contributed by atoms with Crippen LogP contribution in [0.4, 0.5) is 15.3 Å². The van der Waals surface area contributed by atoms with Crippen LogP contribution >= 0.6 is 0 Å². The molecule has 2 aliphatic heterocycles. The van der Waals surface area contributed by atoms with Crippen molar-refractivity contribution in [2.45, 2.75) is 103 Å². The van der Waals surface area contributed by atoms with Crippen LogP contribution in [-0.4, -0.2) is 97.9 Å². The lowest BCUT2D eigenvalue weighted by molar-refractivity contribution is -0.256. The van der Waals surface area contributed by atoms with Gasteiger partial charge in [0.05, 0.1) is 44.8 Å². The van der Waals surface area contributed by atoms with Crippen LogP contribution in [0.5, 0.6) is 34.5 Å². The highest BCUT2D eigenvalue weighted by molar-refractivity contribution is 6.03. The number of allylic oxidation sites excluding steroid dienone is 1. The Kier molecular flexibility index (Phi) is 15.9. The van der Waals surface area contributed by atoms with Gasteiger partial charge in [-0.2, -0.15) is 0 Å². The summed E-state index contributed by atoms with van der Waals surface area (Å²) in [5.41, 5.74) is 2.74. The first-order valence-electron chi connectivity index (χ1n) is 23.2. The van der Waals surface area contributed by atoms with Crippen LogP contribution in [-0.2, 0) is 20.9 Å². The number of anilines is 1. The smallest absolute Gasteiger partial charge is 0.417 e. The van der Waals surface area contributed by atoms with Crippen molar-refractivity contribution in [2.75, 3.05) is 52.8 Å². The fraction of sp³-hybridized carbons (Fsp3) is 0.510. The summed E-state index contributed by atoms with van der Waals surface area (Å²) in [4.78, 5) is 36.1. The van der Waals surface area contributed by atoms with E-state index in [1.165, 1.54) is 7.11 Å². The van der Waals surface area contributed by atoms with E-state index in [0.29, 0.717) is 59.4 Å². The summed E-state index contributed by atoms with van der Waals surface area (Å²) in [6.45, 7) is 12.0. The van der Waals surface area contributed by atoms with Crippen molar-refractivity contribution >= 4 is 23.6 Å². The number of ether oxygens (including phenoxy) is 8. The number of amides is 2. The lowest BCUT2D eigenvalue weighted by atomic mass is 9.55. The van der Waals surface area contributed by atoms with Gasteiger partial charge in [0.25, 0.3) is 0 Å². The minimum Gasteiger partial charge on any atom is -0.497 e. The van der Waals surface area contributed by atoms with Crippen LogP contribution in [0.25, 0.3) is 0 Å². The molecule has 0 radical (unpaired) electrons. The predicted octanol–water partition coefficient (Wildman–Crippen LogP) is 9.13. The summed E-state index contributed by atoms with van der Waals surface area (Å²) in [6.07, 6.45) is 6.94. The summed E-state index contributed by atoms with van der Waals surface area (Å²) < 4.78 is 48.5. The van der Waals surface area contributed by atoms with Crippen molar-refractivity contribution in [1.82, 2.24) is 4.90 Å². The number of aliphatic hydroxyl groups is 2. The first-order chi connectivity index (χ1) is 32.4. The van der Waals surface area contributed by atoms with E-state index in [1.54, 1.807) is 55.3 Å². The lowest BCUT2D eigenvalue weighted by Gasteiger charge is -2.60. The number of methoxy groups -OCH3 is 2. The van der Waals surface area contributed by atoms with Gasteiger partial charge in [-0.3, -0.25) is 10.2 Å². The SMILES string of the molecule is C=CCOC12Oc3ccc(OC(=O)Nc4ccc(OC)cc4OC)cc3C3C(CCCCO)C(CCCCO)C=C(C(=NOC(C)(C)C)CC1N(Cc1ccc4c(c1)OCO4)C(=O)OCC)C32. The normalized spacial score (nSPS) is 22.9. The van der Waals surface area contributed by atoms with Crippen molar-refractivity contribution in [1.29, 1.82) is 0 Å². The van der Waals surface area contributed by atoms with Crippen LogP contribution in [0.15, 0.2) is 84.1 Å². The number of carbonyl (C=O) groups is 2. The Hall–Kier alpha value is -5.97. The maximum absolute atomic E-state index is 14.6. The van der Waals surface area contributed by atoms with E-state index in [0.717, 1.165) is 36.0 Å². The third-order valence-electron chi connectivity index (χ3n) is 12.6. The molecule has 16 nitrogen and oxygen atoms in total. The molecule has 6 unspecified atom stereocenters. The minimum absolute atomic E-state index is 0.0221. The number of rotatable bonds is 20. The van der Waals surface area contributed by atoms with Crippen LogP contribution in [0, 0.1) is 17.8 Å². The average Bonchev–Trinajstić information content (AvgIpc) is 3.79. The molecule has 67 heavy (non-hydrogen) atoms. The maximum atomic E-state index is 14.6. The number of fused-ring (bicyclic) bond motifs is 3. The van der Waals surface area contributed by atoms with Gasteiger partial charge < -0.3 is 52.9 Å². The van der Waals surface area contributed by atoms with Gasteiger partial charge in [0.2, 0.25) is 12.6 Å². The average molecular weight is 928 g/mol. The molecule has 7 rings (SSSR count). The van der Waals surface area contributed by atoms with Gasteiger partial charge in [0, 0.05) is 43.7 Å². The van der Waals surface area contributed by atoms with Crippen LogP contribution < -0.4 is 33.7 Å². The monoisotopic (exact) mass is 927 g/mol. The van der Waals surface area contributed by atoms with Gasteiger partial charge in [-0.25, -0.2) is 9.59 Å². The van der Waals surface area contributed by atoms with Crippen molar-refractivity contribution in [3.8, 4) is 34.5 Å². The lowest BCUT2D eigenvalue weighted by Crippen LogP contribution is -2.70. The third-order valence-corrected chi connectivity index (χ3v) is 12.6. The van der Waals surface area contributed by atoms with Gasteiger partial charge in [-0.1, -0.05) is 36.2 Å². The fourth-order valence-corrected chi connectivity index (χ4v) is 9.79. The van der Waals surface area contributed by atoms with Crippen LogP contribution in [0.2, 0.25) is 0 Å². The second kappa shape index (κ2) is 21.8. The number of nitrogens with zero attached hydrogens (tertiary/aromatic N) is 2. The third kappa shape index (κ3) is 10.9. The molecule has 1 fully saturated rings. The van der Waals surface area contributed by atoms with Crippen LogP contribution in [0.1, 0.15) is 89.7 Å². The van der Waals surface area contributed by atoms with E-state index in [1.807, 2.05) is 45.0 Å². The highest BCUT2D eigenvalue weighted by Crippen LogP contribution is 2.62. The Morgan fingerprint density at radius 3 is 2.40 bits per heavy atom. The summed E-state index contributed by atoms with van der Waals surface area (Å²) in [5, 5.41) is 27.7. The Morgan fingerprint density at radius 1 is 0.940 bits per heavy atom. The van der Waals surface area contributed by atoms with E-state index in [4.69, 9.17) is 47.9 Å². The molecule has 2 amide bonds. The molecule has 0 aromatic heterocycles. The molecule has 362 valence electrons. The standard InChI is InChI=1S/C51H65N3O13/c1-8-24-64-51-45(54(49(58)61-9-2)30-32-16-20-42-44(25-32)63-31-62-42)29-40(53-67-50(3,4)5)37-26-33(14-10-12-22-55)36(15-11-13-23-56)46(47(37)51)38-27-35(18-21-41(38)66-51)65-48(57)52-39-19-17-34(59-6)28-43(39)60-7/h8,16-21,25-28,33,36,45-47,55-56H,1,9-15,22-24,29-31H2,2-7H3,(H,52,57). The molecule has 4 aliphatic rings. The topological polar surface area (TPSA) is 185 Å². The first kappa shape index (κ1) is 48.9. The second-order valence-electron chi connectivity index (χ2n) is 18.1. The van der Waals surface area contributed by atoms with E-state index in [9.17, 15) is 19.8 Å². The summed E-state index contributed by atoms with van der Waals surface area (Å²) in [5.74, 6) is 0.229. The van der Waals surface area contributed by atoms with Crippen molar-refractivity contribution < 1.29 is 62.5 Å². The van der Waals surface area contributed by atoms with Crippen molar-refractivity contribution in [3.05, 3.63) is 90.0 Å². The zero-order valence-electron chi connectivity index (χ0n) is 39.4. The number of hydrogen-bond donors (Lipinski definition) is 3. The first-order valence-corrected chi connectivity index (χ1v) is 23.2. The molecule has 16 heteroatoms. The van der Waals surface area contributed by atoms with E-state index in [-0.39, 0.29) is 69.7 Å². The number of carbonyl (C=O) groups excluding carboxylic acids is 2. The Labute approximate surface area is 392 Å². The van der Waals surface area contributed by atoms with Gasteiger partial charge in [-0.15, -0.1) is 6.58 Å². The molecule has 3 N–H and O–H groups in total. The fourth-order valence-electron chi connectivity index (χ4n) is 9.79. The van der Waals surface area contributed by atoms with Crippen molar-refractivity contribution in [3.63, 3.8) is 0 Å². The molecule has 0 bridgehead atoms. The molecule has 2 aliphatic carbocycles. The number of hydrogen-bond acceptors (Lipinski definition) is 14. The summed E-state index contributed by atoms with van der Waals surface area (Å²) in [7, 11) is 3.04. The zero-order valence-corrected chi connectivity index (χ0v) is 39.4. The quantitative estimate of drug-likeness (QED) is 0.0554. The van der Waals surface area contributed by atoms with E-state index < -0.39 is 35.5 Å². The summed E-state index contributed by atoms with van der Waals surface area (Å²) in [6, 6.07) is 15.0. The van der Waals surface area contributed by atoms with Gasteiger partial charge >= 0.3 is 12.2 Å². The Bertz CT molecular complexity index is 2290. The predicted molar refractivity (Wildman–Crippen MR) is 250 cm³/mol. The van der Waals surface area contributed by atoms with Gasteiger partial charge in [0.15, 0.2) is 11.5 Å². The Balaban J connectivity index is 1.41. The molecule has 3 aromatic rings. The largest absolute Gasteiger partial charge is 0.497 e. The number of oxime groups is 1. The Morgan fingerprint density at radius 2 is 1.69 bits per heavy atom. The molecular formula is C51H65N3O13. The number of unbranched alkanes of at least 4 members (excludes halogenated alkanes) is 2. The molecule has 3 aromatic carbocycles. The number of nitrogens with one attached hydrogen (secondary N) is 1. The van der Waals surface area contributed by atoms with Crippen LogP contribution in [0.3, 0.4) is 0 Å². The van der Waals surface area contributed by atoms with Gasteiger partial charge in [0.1, 0.15) is 34.6 Å². The highest BCUT2D eigenvalue weighted by Gasteiger charge is 2.66. The van der Waals surface area contributed by atoms with E-state index in [2.05, 4.69) is 18.0 Å². The molecule has 1 saturated carbocycles. The molecule has 0 spiro atoms. The highest BCUT2D eigenvalue weighted by atomic mass is 16.7.